The summed E-state index contributed by atoms with van der Waals surface area (Å²) in [7, 11) is 0. The Labute approximate surface area is 158 Å². The van der Waals surface area contributed by atoms with Gasteiger partial charge in [0.15, 0.2) is 0 Å². The van der Waals surface area contributed by atoms with E-state index in [1.807, 2.05) is 31.2 Å². The molecule has 1 aromatic carbocycles. The van der Waals surface area contributed by atoms with Crippen LogP contribution in [0, 0.1) is 12.8 Å². The molecule has 1 N–H and O–H groups in total. The summed E-state index contributed by atoms with van der Waals surface area (Å²) in [6.07, 6.45) is -4.54. The van der Waals surface area contributed by atoms with Crippen molar-refractivity contribution < 1.29 is 27.3 Å². The summed E-state index contributed by atoms with van der Waals surface area (Å²) >= 11 is 0. The predicted octanol–water partition coefficient (Wildman–Crippen LogP) is 2.46. The number of carbonyl (C=O) groups is 2. The molecule has 0 unspecified atom stereocenters. The smallest absolute Gasteiger partial charge is 0.347 e. The van der Waals surface area contributed by atoms with Crippen LogP contribution in [0.4, 0.5) is 13.2 Å². The Morgan fingerprint density at radius 3 is 2.64 bits per heavy atom. The zero-order valence-electron chi connectivity index (χ0n) is 15.1. The monoisotopic (exact) mass is 396 g/mol. The average molecular weight is 396 g/mol. The molecule has 0 bridgehead atoms. The van der Waals surface area contributed by atoms with E-state index < -0.39 is 18.0 Å². The zero-order valence-corrected chi connectivity index (χ0v) is 15.1. The number of benzene rings is 1. The Morgan fingerprint density at radius 1 is 1.29 bits per heavy atom. The molecule has 2 heterocycles. The molecule has 10 heteroatoms. The molecule has 0 saturated carbocycles. The van der Waals surface area contributed by atoms with Gasteiger partial charge in [0.2, 0.25) is 17.6 Å². The largest absolute Gasteiger partial charge is 0.471 e. The molecule has 28 heavy (non-hydrogen) atoms. The van der Waals surface area contributed by atoms with Crippen molar-refractivity contribution in [3.8, 4) is 11.4 Å². The fraction of sp³-hybridized carbons (Fsp3) is 0.444. The Morgan fingerprint density at radius 2 is 2.00 bits per heavy atom. The minimum Gasteiger partial charge on any atom is -0.347 e. The highest BCUT2D eigenvalue weighted by Crippen LogP contribution is 2.24. The summed E-state index contributed by atoms with van der Waals surface area (Å²) in [5.74, 6) is -1.99. The van der Waals surface area contributed by atoms with Crippen molar-refractivity contribution in [1.82, 2.24) is 20.4 Å². The van der Waals surface area contributed by atoms with Crippen LogP contribution < -0.4 is 5.32 Å². The lowest BCUT2D eigenvalue weighted by Gasteiger charge is -2.31. The lowest BCUT2D eigenvalue weighted by Crippen LogP contribution is -2.47. The molecule has 0 radical (unpaired) electrons. The highest BCUT2D eigenvalue weighted by Gasteiger charge is 2.43. The third-order valence-electron chi connectivity index (χ3n) is 4.55. The fourth-order valence-electron chi connectivity index (χ4n) is 3.06. The second kappa shape index (κ2) is 7.99. The summed E-state index contributed by atoms with van der Waals surface area (Å²) in [6.45, 7) is 1.76. The predicted molar refractivity (Wildman–Crippen MR) is 91.7 cm³/mol. The van der Waals surface area contributed by atoms with Gasteiger partial charge in [-0.15, -0.1) is 0 Å². The first-order valence-electron chi connectivity index (χ1n) is 8.77. The number of alkyl halides is 3. The van der Waals surface area contributed by atoms with Crippen LogP contribution in [0.5, 0.6) is 0 Å². The highest BCUT2D eigenvalue weighted by atomic mass is 19.4. The number of piperidine rings is 1. The molecule has 0 atom stereocenters. The van der Waals surface area contributed by atoms with E-state index in [1.165, 1.54) is 0 Å². The van der Waals surface area contributed by atoms with Crippen LogP contribution in [-0.4, -0.2) is 46.1 Å². The molecular weight excluding hydrogens is 377 g/mol. The van der Waals surface area contributed by atoms with Gasteiger partial charge >= 0.3 is 12.1 Å². The third kappa shape index (κ3) is 4.68. The van der Waals surface area contributed by atoms with Crippen molar-refractivity contribution in [3.63, 3.8) is 0 Å². The first kappa shape index (κ1) is 19.8. The summed E-state index contributed by atoms with van der Waals surface area (Å²) in [5, 5.41) is 6.54. The Bertz CT molecular complexity index is 858. The van der Waals surface area contributed by atoms with Gasteiger partial charge in [0.05, 0.1) is 6.54 Å². The molecule has 1 aromatic heterocycles. The summed E-state index contributed by atoms with van der Waals surface area (Å²) in [6, 6.07) is 7.57. The van der Waals surface area contributed by atoms with E-state index in [2.05, 4.69) is 15.5 Å². The molecule has 0 aliphatic carbocycles. The van der Waals surface area contributed by atoms with E-state index in [4.69, 9.17) is 4.52 Å². The van der Waals surface area contributed by atoms with Crippen LogP contribution >= 0.6 is 0 Å². The number of hydrogen-bond donors (Lipinski definition) is 1. The lowest BCUT2D eigenvalue weighted by atomic mass is 9.96. The van der Waals surface area contributed by atoms with E-state index in [1.54, 1.807) is 0 Å². The quantitative estimate of drug-likeness (QED) is 0.858. The second-order valence-electron chi connectivity index (χ2n) is 6.66. The summed E-state index contributed by atoms with van der Waals surface area (Å²) in [4.78, 5) is 28.4. The van der Waals surface area contributed by atoms with Gasteiger partial charge < -0.3 is 14.7 Å². The summed E-state index contributed by atoms with van der Waals surface area (Å²) < 4.78 is 42.5. The maximum Gasteiger partial charge on any atom is 0.471 e. The van der Waals surface area contributed by atoms with Crippen molar-refractivity contribution in [2.45, 2.75) is 32.5 Å². The maximum atomic E-state index is 12.5. The van der Waals surface area contributed by atoms with Crippen molar-refractivity contribution in [2.75, 3.05) is 13.1 Å². The van der Waals surface area contributed by atoms with Gasteiger partial charge in [0, 0.05) is 24.6 Å². The number of nitrogens with one attached hydrogen (secondary N) is 1. The number of halogens is 3. The Hall–Kier alpha value is -2.91. The van der Waals surface area contributed by atoms with Gasteiger partial charge in [-0.05, 0) is 25.8 Å². The van der Waals surface area contributed by atoms with Crippen molar-refractivity contribution in [1.29, 1.82) is 0 Å². The van der Waals surface area contributed by atoms with E-state index in [-0.39, 0.29) is 44.3 Å². The topological polar surface area (TPSA) is 88.3 Å². The van der Waals surface area contributed by atoms with E-state index >= 15 is 0 Å². The van der Waals surface area contributed by atoms with Gasteiger partial charge in [0.1, 0.15) is 0 Å². The Balaban J connectivity index is 1.50. The van der Waals surface area contributed by atoms with Gasteiger partial charge in [-0.3, -0.25) is 9.59 Å². The zero-order chi connectivity index (χ0) is 20.3. The number of nitrogens with zero attached hydrogens (tertiary/aromatic N) is 3. The van der Waals surface area contributed by atoms with Crippen LogP contribution in [0.25, 0.3) is 11.4 Å². The average Bonchev–Trinajstić information content (AvgIpc) is 3.14. The lowest BCUT2D eigenvalue weighted by molar-refractivity contribution is -0.186. The maximum absolute atomic E-state index is 12.5. The van der Waals surface area contributed by atoms with Crippen molar-refractivity contribution in [2.24, 2.45) is 5.92 Å². The number of carbonyl (C=O) groups excluding carboxylic acids is 2. The molecule has 0 spiro atoms. The second-order valence-corrected chi connectivity index (χ2v) is 6.66. The molecule has 2 aromatic rings. The number of hydrogen-bond acceptors (Lipinski definition) is 5. The van der Waals surface area contributed by atoms with E-state index in [0.717, 1.165) is 16.0 Å². The highest BCUT2D eigenvalue weighted by molar-refractivity contribution is 5.83. The summed E-state index contributed by atoms with van der Waals surface area (Å²) in [5.41, 5.74) is 1.84. The van der Waals surface area contributed by atoms with Crippen molar-refractivity contribution in [3.05, 3.63) is 35.7 Å². The number of amides is 2. The van der Waals surface area contributed by atoms with E-state index in [9.17, 15) is 22.8 Å². The van der Waals surface area contributed by atoms with Crippen LogP contribution in [0.3, 0.4) is 0 Å². The number of aryl methyl sites for hydroxylation is 1. The van der Waals surface area contributed by atoms with Crippen LogP contribution in [0.2, 0.25) is 0 Å². The SMILES string of the molecule is Cc1cccc(-c2noc(CNC(=O)C3CCN(C(=O)C(F)(F)F)CC3)n2)c1. The number of aromatic nitrogens is 2. The molecule has 150 valence electrons. The van der Waals surface area contributed by atoms with E-state index in [0.29, 0.717) is 5.82 Å². The van der Waals surface area contributed by atoms with Gasteiger partial charge in [-0.1, -0.05) is 28.9 Å². The molecule has 1 aliphatic heterocycles. The van der Waals surface area contributed by atoms with Gasteiger partial charge in [-0.25, -0.2) is 0 Å². The van der Waals surface area contributed by atoms with Gasteiger partial charge in [0.25, 0.3) is 0 Å². The third-order valence-corrected chi connectivity index (χ3v) is 4.55. The molecule has 1 saturated heterocycles. The van der Waals surface area contributed by atoms with Gasteiger partial charge in [-0.2, -0.15) is 18.2 Å². The fourth-order valence-corrected chi connectivity index (χ4v) is 3.06. The molecule has 1 fully saturated rings. The first-order chi connectivity index (χ1) is 13.2. The Kier molecular flexibility index (Phi) is 5.66. The standard InChI is InChI=1S/C18H19F3N4O3/c1-11-3-2-4-13(9-11)15-23-14(28-24-15)10-22-16(26)12-5-7-25(8-6-12)17(27)18(19,20)21/h2-4,9,12H,5-8,10H2,1H3,(H,22,26). The molecule has 7 nitrogen and oxygen atoms in total. The first-order valence-corrected chi connectivity index (χ1v) is 8.77. The normalized spacial score (nSPS) is 15.5. The minimum atomic E-state index is -4.89. The van der Waals surface area contributed by atoms with Crippen molar-refractivity contribution >= 4 is 11.8 Å². The number of rotatable bonds is 4. The van der Waals surface area contributed by atoms with Crippen LogP contribution in [0.15, 0.2) is 28.8 Å². The molecule has 3 rings (SSSR count). The van der Waals surface area contributed by atoms with Crippen LogP contribution in [-0.2, 0) is 16.1 Å². The van der Waals surface area contributed by atoms with Crippen LogP contribution in [0.1, 0.15) is 24.3 Å². The minimum absolute atomic E-state index is 0.0271. The molecular formula is C18H19F3N4O3. The molecule has 2 amide bonds. The molecule has 1 aliphatic rings. The number of likely N-dealkylation sites (tertiary alicyclic amines) is 1.